The van der Waals surface area contributed by atoms with E-state index >= 15 is 0 Å². The monoisotopic (exact) mass is 427 g/mol. The van der Waals surface area contributed by atoms with Crippen LogP contribution < -0.4 is 14.5 Å². The van der Waals surface area contributed by atoms with Crippen LogP contribution in [-0.4, -0.2) is 33.8 Å². The molecule has 0 saturated carbocycles. The molecule has 0 bridgehead atoms. The van der Waals surface area contributed by atoms with Gasteiger partial charge < -0.3 is 9.47 Å². The molecular weight excluding hydrogens is 413 g/mol. The molecule has 0 aliphatic rings. The summed E-state index contributed by atoms with van der Waals surface area (Å²) in [6.45, 7) is 4.48. The highest BCUT2D eigenvalue weighted by molar-refractivity contribution is 6.35. The Hall–Kier alpha value is -2.92. The van der Waals surface area contributed by atoms with E-state index in [1.165, 1.54) is 5.01 Å². The van der Waals surface area contributed by atoms with E-state index < -0.39 is 0 Å². The van der Waals surface area contributed by atoms with E-state index in [0.717, 1.165) is 0 Å². The number of rotatable bonds is 9. The third kappa shape index (κ3) is 4.67. The van der Waals surface area contributed by atoms with Crippen molar-refractivity contribution < 1.29 is 18.7 Å². The van der Waals surface area contributed by atoms with Crippen molar-refractivity contribution in [3.63, 3.8) is 0 Å². The highest BCUT2D eigenvalue weighted by Gasteiger charge is 2.21. The van der Waals surface area contributed by atoms with E-state index in [0.29, 0.717) is 28.8 Å². The van der Waals surface area contributed by atoms with Crippen LogP contribution in [0.4, 0.5) is 11.6 Å². The molecule has 0 aliphatic carbocycles. The Bertz CT molecular complexity index is 946. The maximum atomic E-state index is 6.27. The molecule has 148 valence electrons. The second kappa shape index (κ2) is 9.33. The molecule has 3 rings (SSSR count). The van der Waals surface area contributed by atoms with Crippen molar-refractivity contribution in [3.05, 3.63) is 33.8 Å². The molecule has 13 heteroatoms. The van der Waals surface area contributed by atoms with Crippen molar-refractivity contribution in [1.29, 1.82) is 0 Å². The smallest absolute Gasteiger partial charge is 0.304 e. The molecule has 2 heterocycles. The zero-order valence-corrected chi connectivity index (χ0v) is 16.4. The molecule has 0 atom stereocenters. The van der Waals surface area contributed by atoms with Crippen LogP contribution in [0.15, 0.2) is 37.8 Å². The summed E-state index contributed by atoms with van der Waals surface area (Å²) in [5, 5.41) is 25.3. The molecule has 11 nitrogen and oxygen atoms in total. The number of aromatic nitrogens is 4. The molecule has 3 aromatic rings. The highest BCUT2D eigenvalue weighted by Crippen LogP contribution is 2.30. The van der Waals surface area contributed by atoms with Gasteiger partial charge in [0.1, 0.15) is 0 Å². The van der Waals surface area contributed by atoms with Crippen LogP contribution >= 0.6 is 23.2 Å². The Balaban J connectivity index is 1.93. The van der Waals surface area contributed by atoms with Gasteiger partial charge in [-0.2, -0.15) is 0 Å². The molecule has 0 amide bonds. The van der Waals surface area contributed by atoms with Gasteiger partial charge in [-0.3, -0.25) is 0 Å². The summed E-state index contributed by atoms with van der Waals surface area (Å²) in [5.74, 6) is 0.517. The van der Waals surface area contributed by atoms with Crippen molar-refractivity contribution >= 4 is 34.8 Å². The fourth-order valence-corrected chi connectivity index (χ4v) is 2.55. The topological polar surface area (TPSA) is 124 Å². The number of halogens is 2. The van der Waals surface area contributed by atoms with Crippen LogP contribution in [0, 0.1) is 0 Å². The van der Waals surface area contributed by atoms with Gasteiger partial charge in [-0.25, -0.2) is 14.3 Å². The number of anilines is 1. The largest absolute Gasteiger partial charge is 0.473 e. The van der Waals surface area contributed by atoms with Crippen LogP contribution in [0.1, 0.15) is 19.4 Å². The summed E-state index contributed by atoms with van der Waals surface area (Å²) in [5.41, 5.74) is 0.707. The summed E-state index contributed by atoms with van der Waals surface area (Å²) in [6, 6.07) is 5.08. The summed E-state index contributed by atoms with van der Waals surface area (Å²) in [6.07, 6.45) is 0. The minimum Gasteiger partial charge on any atom is -0.473 e. The first-order chi connectivity index (χ1) is 13.6. The van der Waals surface area contributed by atoms with Gasteiger partial charge in [0, 0.05) is 10.0 Å². The lowest BCUT2D eigenvalue weighted by Crippen LogP contribution is -2.17. The quantitative estimate of drug-likeness (QED) is 0.363. The molecule has 28 heavy (non-hydrogen) atoms. The average molecular weight is 428 g/mol. The van der Waals surface area contributed by atoms with Gasteiger partial charge in [-0.15, -0.1) is 5.11 Å². The minimum atomic E-state index is 0.0588. The van der Waals surface area contributed by atoms with Crippen LogP contribution in [0.25, 0.3) is 0 Å². The second-order valence-corrected chi connectivity index (χ2v) is 5.98. The molecule has 0 N–H and O–H groups in total. The lowest BCUT2D eigenvalue weighted by molar-refractivity contribution is 0.264. The standard InChI is InChI=1S/C15H15Cl2N7O4/c1-3-25-14-12(19-27-21-14)18-23-24(13-15(26-4-2)22-28-20-13)8-9-5-6-10(16)7-11(9)17/h5-7H,3-4,8H2,1-2H3. The van der Waals surface area contributed by atoms with Gasteiger partial charge >= 0.3 is 11.8 Å². The van der Waals surface area contributed by atoms with Gasteiger partial charge in [-0.05, 0) is 52.2 Å². The number of hydrogen-bond acceptors (Lipinski definition) is 10. The van der Waals surface area contributed by atoms with E-state index in [1.54, 1.807) is 32.0 Å². The summed E-state index contributed by atoms with van der Waals surface area (Å²) in [7, 11) is 0. The Kier molecular flexibility index (Phi) is 6.61. The summed E-state index contributed by atoms with van der Waals surface area (Å²) >= 11 is 12.2. The fraction of sp³-hybridized carbons (Fsp3) is 0.333. The molecule has 0 saturated heterocycles. The molecule has 1 aromatic carbocycles. The second-order valence-electron chi connectivity index (χ2n) is 5.13. The normalized spacial score (nSPS) is 11.1. The van der Waals surface area contributed by atoms with Crippen molar-refractivity contribution in [3.8, 4) is 11.8 Å². The van der Waals surface area contributed by atoms with Crippen LogP contribution in [0.3, 0.4) is 0 Å². The van der Waals surface area contributed by atoms with E-state index in [1.807, 2.05) is 0 Å². The van der Waals surface area contributed by atoms with Crippen LogP contribution in [-0.2, 0) is 6.54 Å². The van der Waals surface area contributed by atoms with Gasteiger partial charge in [-0.1, -0.05) is 34.5 Å². The van der Waals surface area contributed by atoms with Crippen molar-refractivity contribution in [2.24, 2.45) is 10.3 Å². The maximum Gasteiger partial charge on any atom is 0.304 e. The third-order valence-electron chi connectivity index (χ3n) is 3.27. The molecule has 2 aromatic heterocycles. The zero-order chi connectivity index (χ0) is 19.9. The van der Waals surface area contributed by atoms with Gasteiger partial charge in [0.05, 0.1) is 19.8 Å². The first-order valence-electron chi connectivity index (χ1n) is 8.16. The number of nitrogens with zero attached hydrogens (tertiary/aromatic N) is 7. The fourth-order valence-electron chi connectivity index (χ4n) is 2.08. The van der Waals surface area contributed by atoms with Crippen LogP contribution in [0.2, 0.25) is 10.0 Å². The Labute approximate surface area is 169 Å². The highest BCUT2D eigenvalue weighted by atomic mass is 35.5. The van der Waals surface area contributed by atoms with Crippen LogP contribution in [0.5, 0.6) is 11.8 Å². The Morgan fingerprint density at radius 3 is 2.46 bits per heavy atom. The third-order valence-corrected chi connectivity index (χ3v) is 3.86. The molecule has 0 spiro atoms. The molecule has 0 unspecified atom stereocenters. The van der Waals surface area contributed by atoms with Gasteiger partial charge in [0.25, 0.3) is 11.6 Å². The van der Waals surface area contributed by atoms with Crippen molar-refractivity contribution in [2.75, 3.05) is 18.2 Å². The van der Waals surface area contributed by atoms with Crippen molar-refractivity contribution in [1.82, 2.24) is 20.6 Å². The van der Waals surface area contributed by atoms with Gasteiger partial charge in [0.2, 0.25) is 0 Å². The molecular formula is C15H15Cl2N7O4. The number of hydrogen-bond donors (Lipinski definition) is 0. The predicted octanol–water partition coefficient (Wildman–Crippen LogP) is 4.26. The summed E-state index contributed by atoms with van der Waals surface area (Å²) < 4.78 is 20.1. The zero-order valence-electron chi connectivity index (χ0n) is 14.9. The number of benzene rings is 1. The first-order valence-corrected chi connectivity index (χ1v) is 8.91. The number of ether oxygens (including phenoxy) is 2. The SMILES string of the molecule is CCOc1nonc1N=NN(Cc1ccc(Cl)cc1Cl)c1nonc1OCC. The van der Waals surface area contributed by atoms with Crippen molar-refractivity contribution in [2.45, 2.75) is 20.4 Å². The lowest BCUT2D eigenvalue weighted by Gasteiger charge is -2.15. The predicted molar refractivity (Wildman–Crippen MR) is 98.1 cm³/mol. The minimum absolute atomic E-state index is 0.0588. The first kappa shape index (κ1) is 19.8. The summed E-state index contributed by atoms with van der Waals surface area (Å²) in [4.78, 5) is 0. The molecule has 0 radical (unpaired) electrons. The van der Waals surface area contributed by atoms with E-state index in [9.17, 15) is 0 Å². The van der Waals surface area contributed by atoms with E-state index in [-0.39, 0.29) is 29.9 Å². The molecule has 0 fully saturated rings. The van der Waals surface area contributed by atoms with E-state index in [4.69, 9.17) is 37.3 Å². The Morgan fingerprint density at radius 1 is 1.00 bits per heavy atom. The van der Waals surface area contributed by atoms with Gasteiger partial charge in [0.15, 0.2) is 0 Å². The average Bonchev–Trinajstić information content (AvgIpc) is 3.31. The van der Waals surface area contributed by atoms with E-state index in [2.05, 4.69) is 35.6 Å². The molecule has 0 aliphatic heterocycles. The maximum absolute atomic E-state index is 6.27. The lowest BCUT2D eigenvalue weighted by atomic mass is 10.2. The Morgan fingerprint density at radius 2 is 1.71 bits per heavy atom.